The Hall–Kier alpha value is -1.49. The molecule has 0 spiro atoms. The van der Waals surface area contributed by atoms with E-state index in [1.54, 1.807) is 25.6 Å². The predicted octanol–water partition coefficient (Wildman–Crippen LogP) is 3.70. The van der Waals surface area contributed by atoms with Gasteiger partial charge in [0.05, 0.1) is 12.1 Å². The molecule has 0 atom stereocenters. The number of methoxy groups -OCH3 is 1. The Morgan fingerprint density at radius 1 is 1.24 bits per heavy atom. The molecule has 0 bridgehead atoms. The molecule has 1 N–H and O–H groups in total. The maximum absolute atomic E-state index is 6.09. The third-order valence-corrected chi connectivity index (χ3v) is 3.47. The van der Waals surface area contributed by atoms with Crippen molar-refractivity contribution in [2.75, 3.05) is 14.2 Å². The van der Waals surface area contributed by atoms with Gasteiger partial charge in [-0.2, -0.15) is 0 Å². The zero-order valence-corrected chi connectivity index (χ0v) is 13.3. The third-order valence-electron chi connectivity index (χ3n) is 2.91. The molecule has 0 amide bonds. The van der Waals surface area contributed by atoms with Crippen LogP contribution in [0.2, 0.25) is 10.0 Å². The normalized spacial score (nSPS) is 10.5. The molecule has 0 saturated carbocycles. The number of halogens is 2. The third kappa shape index (κ3) is 4.00. The van der Waals surface area contributed by atoms with Crippen molar-refractivity contribution < 1.29 is 9.47 Å². The molecule has 0 fully saturated rings. The molecule has 0 unspecified atom stereocenters. The highest BCUT2D eigenvalue weighted by molar-refractivity contribution is 6.31. The van der Waals surface area contributed by atoms with Gasteiger partial charge in [0.2, 0.25) is 0 Å². The van der Waals surface area contributed by atoms with E-state index in [9.17, 15) is 0 Å². The summed E-state index contributed by atoms with van der Waals surface area (Å²) in [5.74, 6) is 1.25. The van der Waals surface area contributed by atoms with E-state index in [1.807, 2.05) is 19.2 Å². The van der Waals surface area contributed by atoms with Crippen molar-refractivity contribution in [3.05, 3.63) is 51.8 Å². The smallest absolute Gasteiger partial charge is 0.166 e. The summed E-state index contributed by atoms with van der Waals surface area (Å²) in [7, 11) is 3.44. The molecule has 0 aliphatic rings. The monoisotopic (exact) mass is 326 g/mol. The lowest BCUT2D eigenvalue weighted by Gasteiger charge is -2.16. The standard InChI is InChI=1S/C15H16Cl2N2O2/c1-18-7-11-5-12(16)6-14(20-2)15(11)21-9-10-3-4-19-8-13(10)17/h3-6,8,18H,7,9H2,1-2H3. The van der Waals surface area contributed by atoms with Crippen LogP contribution >= 0.6 is 23.2 Å². The minimum Gasteiger partial charge on any atom is -0.493 e. The molecule has 4 nitrogen and oxygen atoms in total. The van der Waals surface area contributed by atoms with E-state index in [4.69, 9.17) is 32.7 Å². The molecule has 6 heteroatoms. The van der Waals surface area contributed by atoms with E-state index in [2.05, 4.69) is 10.3 Å². The lowest BCUT2D eigenvalue weighted by Crippen LogP contribution is -2.09. The fourth-order valence-corrected chi connectivity index (χ4v) is 2.34. The first-order chi connectivity index (χ1) is 10.2. The van der Waals surface area contributed by atoms with E-state index in [0.717, 1.165) is 11.1 Å². The molecule has 2 rings (SSSR count). The van der Waals surface area contributed by atoms with Crippen LogP contribution in [-0.4, -0.2) is 19.1 Å². The predicted molar refractivity (Wildman–Crippen MR) is 84.3 cm³/mol. The molecule has 0 aliphatic heterocycles. The molecule has 0 saturated heterocycles. The van der Waals surface area contributed by atoms with Gasteiger partial charge in [0.15, 0.2) is 11.5 Å². The lowest BCUT2D eigenvalue weighted by atomic mass is 10.1. The highest BCUT2D eigenvalue weighted by atomic mass is 35.5. The number of ether oxygens (including phenoxy) is 2. The summed E-state index contributed by atoms with van der Waals surface area (Å²) in [6, 6.07) is 5.40. The Morgan fingerprint density at radius 3 is 2.71 bits per heavy atom. The minimum absolute atomic E-state index is 0.329. The first-order valence-corrected chi connectivity index (χ1v) is 7.13. The summed E-state index contributed by atoms with van der Waals surface area (Å²) < 4.78 is 11.2. The van der Waals surface area contributed by atoms with Gasteiger partial charge >= 0.3 is 0 Å². The van der Waals surface area contributed by atoms with Crippen molar-refractivity contribution in [1.29, 1.82) is 0 Å². The van der Waals surface area contributed by atoms with Crippen LogP contribution in [0.4, 0.5) is 0 Å². The Morgan fingerprint density at radius 2 is 2.05 bits per heavy atom. The molecule has 21 heavy (non-hydrogen) atoms. The van der Waals surface area contributed by atoms with Crippen LogP contribution in [0.5, 0.6) is 11.5 Å². The second-order valence-electron chi connectivity index (χ2n) is 4.38. The van der Waals surface area contributed by atoms with Gasteiger partial charge in [-0.05, 0) is 19.2 Å². The Bertz CT molecular complexity index is 621. The molecule has 0 radical (unpaired) electrons. The maximum atomic E-state index is 6.09. The Labute approximate surface area is 134 Å². The fraction of sp³-hybridized carbons (Fsp3) is 0.267. The number of hydrogen-bond donors (Lipinski definition) is 1. The molecule has 1 aromatic heterocycles. The highest BCUT2D eigenvalue weighted by Gasteiger charge is 2.13. The van der Waals surface area contributed by atoms with Gasteiger partial charge < -0.3 is 14.8 Å². The SMILES string of the molecule is CNCc1cc(Cl)cc(OC)c1OCc1ccncc1Cl. The topological polar surface area (TPSA) is 43.4 Å². The summed E-state index contributed by atoms with van der Waals surface area (Å²) in [4.78, 5) is 3.95. The summed E-state index contributed by atoms with van der Waals surface area (Å²) in [6.45, 7) is 0.951. The van der Waals surface area contributed by atoms with Crippen molar-refractivity contribution in [2.45, 2.75) is 13.2 Å². The molecular formula is C15H16Cl2N2O2. The van der Waals surface area contributed by atoms with Crippen LogP contribution in [0.3, 0.4) is 0 Å². The van der Waals surface area contributed by atoms with Crippen molar-refractivity contribution >= 4 is 23.2 Å². The average molecular weight is 327 g/mol. The first kappa shape index (κ1) is 15.9. The second-order valence-corrected chi connectivity index (χ2v) is 5.23. The number of nitrogens with zero attached hydrogens (tertiary/aromatic N) is 1. The highest BCUT2D eigenvalue weighted by Crippen LogP contribution is 2.35. The molecule has 1 aromatic carbocycles. The van der Waals surface area contributed by atoms with Gasteiger partial charge in [0, 0.05) is 41.2 Å². The van der Waals surface area contributed by atoms with Gasteiger partial charge in [0.25, 0.3) is 0 Å². The van der Waals surface area contributed by atoms with Crippen molar-refractivity contribution in [3.8, 4) is 11.5 Å². The van der Waals surface area contributed by atoms with E-state index in [0.29, 0.717) is 34.7 Å². The Balaban J connectivity index is 2.27. The number of rotatable bonds is 6. The molecule has 112 valence electrons. The summed E-state index contributed by atoms with van der Waals surface area (Å²) >= 11 is 12.2. The van der Waals surface area contributed by atoms with Crippen LogP contribution in [-0.2, 0) is 13.2 Å². The number of benzene rings is 1. The molecule has 0 aliphatic carbocycles. The zero-order chi connectivity index (χ0) is 15.2. The van der Waals surface area contributed by atoms with Crippen molar-refractivity contribution in [2.24, 2.45) is 0 Å². The lowest BCUT2D eigenvalue weighted by molar-refractivity contribution is 0.281. The molecule has 1 heterocycles. The molecule has 2 aromatic rings. The minimum atomic E-state index is 0.329. The zero-order valence-electron chi connectivity index (χ0n) is 11.8. The quantitative estimate of drug-likeness (QED) is 0.879. The van der Waals surface area contributed by atoms with E-state index in [-0.39, 0.29) is 0 Å². The first-order valence-electron chi connectivity index (χ1n) is 6.38. The number of aromatic nitrogens is 1. The summed E-state index contributed by atoms with van der Waals surface area (Å²) in [5.41, 5.74) is 1.78. The van der Waals surface area contributed by atoms with Crippen LogP contribution in [0.1, 0.15) is 11.1 Å². The fourth-order valence-electron chi connectivity index (χ4n) is 1.93. The van der Waals surface area contributed by atoms with Gasteiger partial charge in [-0.15, -0.1) is 0 Å². The number of nitrogens with one attached hydrogen (secondary N) is 1. The largest absolute Gasteiger partial charge is 0.493 e. The van der Waals surface area contributed by atoms with Gasteiger partial charge in [-0.25, -0.2) is 0 Å². The number of pyridine rings is 1. The van der Waals surface area contributed by atoms with Gasteiger partial charge in [-0.1, -0.05) is 23.2 Å². The summed E-state index contributed by atoms with van der Waals surface area (Å²) in [6.07, 6.45) is 3.27. The maximum Gasteiger partial charge on any atom is 0.166 e. The molecular weight excluding hydrogens is 311 g/mol. The van der Waals surface area contributed by atoms with E-state index < -0.39 is 0 Å². The van der Waals surface area contributed by atoms with E-state index in [1.165, 1.54) is 0 Å². The van der Waals surface area contributed by atoms with Crippen LogP contribution in [0.15, 0.2) is 30.6 Å². The van der Waals surface area contributed by atoms with Crippen molar-refractivity contribution in [1.82, 2.24) is 10.3 Å². The second kappa shape index (κ2) is 7.50. The summed E-state index contributed by atoms with van der Waals surface area (Å²) in [5, 5.41) is 4.26. The average Bonchev–Trinajstić information content (AvgIpc) is 2.47. The van der Waals surface area contributed by atoms with Crippen LogP contribution < -0.4 is 14.8 Å². The van der Waals surface area contributed by atoms with Gasteiger partial charge in [0.1, 0.15) is 6.61 Å². The van der Waals surface area contributed by atoms with Crippen molar-refractivity contribution in [3.63, 3.8) is 0 Å². The van der Waals surface area contributed by atoms with Gasteiger partial charge in [-0.3, -0.25) is 4.98 Å². The van der Waals surface area contributed by atoms with E-state index >= 15 is 0 Å². The number of hydrogen-bond acceptors (Lipinski definition) is 4. The van der Waals surface area contributed by atoms with Crippen LogP contribution in [0.25, 0.3) is 0 Å². The van der Waals surface area contributed by atoms with Crippen LogP contribution in [0, 0.1) is 0 Å². The Kier molecular flexibility index (Phi) is 5.67.